The van der Waals surface area contributed by atoms with Gasteiger partial charge >= 0.3 is 0 Å². The van der Waals surface area contributed by atoms with Crippen LogP contribution in [0.1, 0.15) is 6.42 Å². The lowest BCUT2D eigenvalue weighted by atomic mass is 10.2. The molecule has 0 spiro atoms. The van der Waals surface area contributed by atoms with Crippen LogP contribution in [-0.4, -0.2) is 85.6 Å². The number of hydrogen-bond donors (Lipinski definition) is 1. The first-order valence-electron chi connectivity index (χ1n) is 7.06. The van der Waals surface area contributed by atoms with Crippen molar-refractivity contribution in [1.29, 1.82) is 0 Å². The summed E-state index contributed by atoms with van der Waals surface area (Å²) < 4.78 is 4.85. The molecular weight excluding hydrogens is 314 g/mol. The highest BCUT2D eigenvalue weighted by Crippen LogP contribution is 2.12. The zero-order chi connectivity index (χ0) is 14.4. The Kier molecular flexibility index (Phi) is 8.39. The molecule has 0 aromatic heterocycles. The van der Waals surface area contributed by atoms with Crippen molar-refractivity contribution in [3.63, 3.8) is 0 Å². The van der Waals surface area contributed by atoms with Crippen LogP contribution in [0.2, 0.25) is 0 Å². The molecule has 1 unspecified atom stereocenters. The first-order chi connectivity index (χ1) is 9.70. The Bertz CT molecular complexity index is 346. The summed E-state index contributed by atoms with van der Waals surface area (Å²) in [6.45, 7) is 3.60. The lowest BCUT2D eigenvalue weighted by Crippen LogP contribution is -2.52. The molecule has 1 atom stereocenters. The summed E-state index contributed by atoms with van der Waals surface area (Å²) in [7, 11) is 1.52. The Labute approximate surface area is 136 Å². The van der Waals surface area contributed by atoms with Gasteiger partial charge in [-0.25, -0.2) is 0 Å². The summed E-state index contributed by atoms with van der Waals surface area (Å²) >= 11 is 1.90. The number of piperazine rings is 1. The maximum Gasteiger partial charge on any atom is 0.248 e. The first-order valence-corrected chi connectivity index (χ1v) is 8.22. The normalized spacial score (nSPS) is 22.6. The predicted molar refractivity (Wildman–Crippen MR) is 86.0 cm³/mol. The van der Waals surface area contributed by atoms with Crippen molar-refractivity contribution in [3.05, 3.63) is 0 Å². The number of nitrogens with one attached hydrogen (secondary N) is 1. The molecule has 0 aromatic carbocycles. The number of carbonyl (C=O) groups excluding carboxylic acids is 2. The minimum atomic E-state index is 0. The summed E-state index contributed by atoms with van der Waals surface area (Å²) in [6, 6.07) is 0.300. The molecule has 1 N–H and O–H groups in total. The third-order valence-electron chi connectivity index (χ3n) is 3.67. The van der Waals surface area contributed by atoms with Crippen LogP contribution in [0.4, 0.5) is 0 Å². The fourth-order valence-electron chi connectivity index (χ4n) is 2.51. The molecular formula is C13H24ClN3O3S. The minimum Gasteiger partial charge on any atom is -0.375 e. The highest BCUT2D eigenvalue weighted by molar-refractivity contribution is 7.99. The molecule has 0 aliphatic carbocycles. The standard InChI is InChI=1S/C13H23N3O3S.ClH/c1-19-9-13(18)16-5-3-15(4-6-16)12(17)8-11-10-20-7-2-14-11;/h11,14H,2-10H2,1H3;1H. The average Bonchev–Trinajstić information content (AvgIpc) is 2.48. The molecule has 0 bridgehead atoms. The minimum absolute atomic E-state index is 0. The number of thioether (sulfide) groups is 1. The number of hydrogen-bond acceptors (Lipinski definition) is 5. The van der Waals surface area contributed by atoms with Gasteiger partial charge in [0.05, 0.1) is 0 Å². The number of rotatable bonds is 4. The van der Waals surface area contributed by atoms with Crippen LogP contribution < -0.4 is 5.32 Å². The van der Waals surface area contributed by atoms with Crippen molar-refractivity contribution in [2.24, 2.45) is 0 Å². The fourth-order valence-corrected chi connectivity index (χ4v) is 3.46. The number of nitrogens with zero attached hydrogens (tertiary/aromatic N) is 2. The number of methoxy groups -OCH3 is 1. The molecule has 2 aliphatic rings. The Morgan fingerprint density at radius 3 is 2.33 bits per heavy atom. The van der Waals surface area contributed by atoms with E-state index in [1.54, 1.807) is 4.90 Å². The molecule has 6 nitrogen and oxygen atoms in total. The van der Waals surface area contributed by atoms with Crippen molar-refractivity contribution in [2.45, 2.75) is 12.5 Å². The number of amides is 2. The van der Waals surface area contributed by atoms with E-state index in [-0.39, 0.29) is 30.8 Å². The predicted octanol–water partition coefficient (Wildman–Crippen LogP) is -0.179. The summed E-state index contributed by atoms with van der Waals surface area (Å²) in [5.74, 6) is 2.34. The third kappa shape index (κ3) is 5.65. The zero-order valence-electron chi connectivity index (χ0n) is 12.4. The highest BCUT2D eigenvalue weighted by atomic mass is 35.5. The van der Waals surface area contributed by atoms with E-state index in [2.05, 4.69) is 5.32 Å². The summed E-state index contributed by atoms with van der Waals surface area (Å²) in [6.07, 6.45) is 0.568. The Balaban J connectivity index is 0.00000220. The van der Waals surface area contributed by atoms with Crippen molar-refractivity contribution in [3.8, 4) is 0 Å². The van der Waals surface area contributed by atoms with Crippen LogP contribution in [0.15, 0.2) is 0 Å². The van der Waals surface area contributed by atoms with Crippen molar-refractivity contribution in [1.82, 2.24) is 15.1 Å². The van der Waals surface area contributed by atoms with Crippen molar-refractivity contribution in [2.75, 3.05) is 57.9 Å². The Morgan fingerprint density at radius 2 is 1.81 bits per heavy atom. The lowest BCUT2D eigenvalue weighted by Gasteiger charge is -2.35. The van der Waals surface area contributed by atoms with Crippen molar-refractivity contribution >= 4 is 36.0 Å². The number of carbonyl (C=O) groups is 2. The van der Waals surface area contributed by atoms with Gasteiger partial charge in [-0.05, 0) is 0 Å². The molecule has 2 aliphatic heterocycles. The Hall–Kier alpha value is -0.500. The summed E-state index contributed by atoms with van der Waals surface area (Å²) in [4.78, 5) is 27.5. The van der Waals surface area contributed by atoms with Gasteiger partial charge in [-0.15, -0.1) is 12.4 Å². The maximum absolute atomic E-state index is 12.2. The second-order valence-electron chi connectivity index (χ2n) is 5.12. The number of halogens is 1. The summed E-state index contributed by atoms with van der Waals surface area (Å²) in [5.41, 5.74) is 0. The van der Waals surface area contributed by atoms with Crippen LogP contribution in [0.3, 0.4) is 0 Å². The second-order valence-corrected chi connectivity index (χ2v) is 6.27. The van der Waals surface area contributed by atoms with Gasteiger partial charge in [0.2, 0.25) is 11.8 Å². The van der Waals surface area contributed by atoms with Gasteiger partial charge < -0.3 is 19.9 Å². The molecule has 21 heavy (non-hydrogen) atoms. The van der Waals surface area contributed by atoms with Gasteiger partial charge in [0.15, 0.2) is 0 Å². The molecule has 0 radical (unpaired) electrons. The van der Waals surface area contributed by atoms with E-state index < -0.39 is 0 Å². The first kappa shape index (κ1) is 18.5. The van der Waals surface area contributed by atoms with E-state index >= 15 is 0 Å². The molecule has 2 amide bonds. The van der Waals surface area contributed by atoms with Gasteiger partial charge in [-0.3, -0.25) is 9.59 Å². The fraction of sp³-hybridized carbons (Fsp3) is 0.846. The van der Waals surface area contributed by atoms with E-state index in [1.807, 2.05) is 16.7 Å². The van der Waals surface area contributed by atoms with Crippen LogP contribution in [0.25, 0.3) is 0 Å². The molecule has 0 saturated carbocycles. The van der Waals surface area contributed by atoms with Crippen LogP contribution in [-0.2, 0) is 14.3 Å². The largest absolute Gasteiger partial charge is 0.375 e. The zero-order valence-corrected chi connectivity index (χ0v) is 14.0. The van der Waals surface area contributed by atoms with Crippen molar-refractivity contribution < 1.29 is 14.3 Å². The van der Waals surface area contributed by atoms with E-state index in [4.69, 9.17) is 4.74 Å². The highest BCUT2D eigenvalue weighted by Gasteiger charge is 2.26. The molecule has 2 rings (SSSR count). The van der Waals surface area contributed by atoms with Gasteiger partial charge in [0.25, 0.3) is 0 Å². The lowest BCUT2D eigenvalue weighted by molar-refractivity contribution is -0.142. The van der Waals surface area contributed by atoms with E-state index in [0.29, 0.717) is 38.6 Å². The Morgan fingerprint density at radius 1 is 1.19 bits per heavy atom. The maximum atomic E-state index is 12.2. The van der Waals surface area contributed by atoms with Crippen LogP contribution in [0, 0.1) is 0 Å². The smallest absolute Gasteiger partial charge is 0.248 e. The van der Waals surface area contributed by atoms with Crippen LogP contribution >= 0.6 is 24.2 Å². The summed E-state index contributed by atoms with van der Waals surface area (Å²) in [5, 5.41) is 3.38. The molecule has 8 heteroatoms. The SMILES string of the molecule is COCC(=O)N1CCN(C(=O)CC2CSCCN2)CC1.Cl. The number of ether oxygens (including phenoxy) is 1. The van der Waals surface area contributed by atoms with Gasteiger partial charge in [-0.2, -0.15) is 11.8 Å². The quantitative estimate of drug-likeness (QED) is 0.771. The van der Waals surface area contributed by atoms with Gasteiger partial charge in [0, 0.05) is 63.8 Å². The van der Waals surface area contributed by atoms with E-state index in [0.717, 1.165) is 18.1 Å². The van der Waals surface area contributed by atoms with Crippen LogP contribution in [0.5, 0.6) is 0 Å². The molecule has 2 fully saturated rings. The average molecular weight is 338 g/mol. The van der Waals surface area contributed by atoms with Gasteiger partial charge in [-0.1, -0.05) is 0 Å². The molecule has 2 heterocycles. The van der Waals surface area contributed by atoms with Gasteiger partial charge in [0.1, 0.15) is 6.61 Å². The molecule has 2 saturated heterocycles. The van der Waals surface area contributed by atoms with E-state index in [9.17, 15) is 9.59 Å². The monoisotopic (exact) mass is 337 g/mol. The van der Waals surface area contributed by atoms with E-state index in [1.165, 1.54) is 7.11 Å². The second kappa shape index (κ2) is 9.50. The third-order valence-corrected chi connectivity index (χ3v) is 4.80. The topological polar surface area (TPSA) is 61.9 Å². The molecule has 0 aromatic rings. The molecule has 122 valence electrons.